The van der Waals surface area contributed by atoms with Crippen molar-refractivity contribution in [2.75, 3.05) is 26.4 Å². The van der Waals surface area contributed by atoms with Crippen LogP contribution in [0, 0.1) is 6.92 Å². The Morgan fingerprint density at radius 2 is 2.14 bits per heavy atom. The monoisotopic (exact) mass is 303 g/mol. The van der Waals surface area contributed by atoms with Crippen molar-refractivity contribution in [1.82, 2.24) is 14.8 Å². The van der Waals surface area contributed by atoms with Crippen molar-refractivity contribution < 1.29 is 14.2 Å². The van der Waals surface area contributed by atoms with Crippen LogP contribution >= 0.6 is 0 Å². The summed E-state index contributed by atoms with van der Waals surface area (Å²) in [6.45, 7) is 5.07. The summed E-state index contributed by atoms with van der Waals surface area (Å²) in [5, 5.41) is 4.44. The summed E-state index contributed by atoms with van der Waals surface area (Å²) < 4.78 is 18.7. The van der Waals surface area contributed by atoms with E-state index in [0.29, 0.717) is 39.4 Å². The SMILES string of the molecule is Cc1nc(CCOc2ccccc2)n(CC2COCCO2)n1. The number of para-hydroxylation sites is 1. The third-order valence-corrected chi connectivity index (χ3v) is 3.45. The average Bonchev–Trinajstić information content (AvgIpc) is 2.89. The van der Waals surface area contributed by atoms with E-state index < -0.39 is 0 Å². The molecule has 1 unspecified atom stereocenters. The molecule has 1 atom stereocenters. The molecule has 1 aliphatic rings. The van der Waals surface area contributed by atoms with Gasteiger partial charge >= 0.3 is 0 Å². The van der Waals surface area contributed by atoms with Crippen LogP contribution in [-0.4, -0.2) is 47.3 Å². The fourth-order valence-electron chi connectivity index (χ4n) is 2.44. The van der Waals surface area contributed by atoms with Gasteiger partial charge in [0.05, 0.1) is 33.0 Å². The molecule has 0 spiro atoms. The molecule has 0 radical (unpaired) electrons. The summed E-state index contributed by atoms with van der Waals surface area (Å²) >= 11 is 0. The Hall–Kier alpha value is -1.92. The smallest absolute Gasteiger partial charge is 0.147 e. The van der Waals surface area contributed by atoms with Gasteiger partial charge in [0.1, 0.15) is 23.5 Å². The Morgan fingerprint density at radius 1 is 1.27 bits per heavy atom. The molecule has 22 heavy (non-hydrogen) atoms. The Labute approximate surface area is 130 Å². The van der Waals surface area contributed by atoms with Gasteiger partial charge in [0.15, 0.2) is 0 Å². The van der Waals surface area contributed by atoms with Gasteiger partial charge in [-0.3, -0.25) is 0 Å². The van der Waals surface area contributed by atoms with Crippen LogP contribution in [0.15, 0.2) is 30.3 Å². The van der Waals surface area contributed by atoms with E-state index in [4.69, 9.17) is 14.2 Å². The lowest BCUT2D eigenvalue weighted by Gasteiger charge is -2.23. The molecule has 2 aromatic rings. The zero-order valence-corrected chi connectivity index (χ0v) is 12.8. The first kappa shape index (κ1) is 15.0. The standard InChI is InChI=1S/C16H21N3O3/c1-13-17-16(7-8-21-14-5-3-2-4-6-14)19(18-13)11-15-12-20-9-10-22-15/h2-6,15H,7-12H2,1H3. The molecule has 1 fully saturated rings. The van der Waals surface area contributed by atoms with Crippen LogP contribution in [0.2, 0.25) is 0 Å². The first-order valence-corrected chi connectivity index (χ1v) is 7.59. The summed E-state index contributed by atoms with van der Waals surface area (Å²) in [5.41, 5.74) is 0. The van der Waals surface area contributed by atoms with Crippen molar-refractivity contribution >= 4 is 0 Å². The summed E-state index contributed by atoms with van der Waals surface area (Å²) in [7, 11) is 0. The average molecular weight is 303 g/mol. The Balaban J connectivity index is 1.56. The van der Waals surface area contributed by atoms with Gasteiger partial charge in [0.2, 0.25) is 0 Å². The highest BCUT2D eigenvalue weighted by Crippen LogP contribution is 2.10. The van der Waals surface area contributed by atoms with Crippen molar-refractivity contribution in [2.24, 2.45) is 0 Å². The highest BCUT2D eigenvalue weighted by atomic mass is 16.6. The molecule has 1 saturated heterocycles. The largest absolute Gasteiger partial charge is 0.493 e. The van der Waals surface area contributed by atoms with Crippen LogP contribution in [-0.2, 0) is 22.4 Å². The van der Waals surface area contributed by atoms with E-state index in [1.54, 1.807) is 0 Å². The van der Waals surface area contributed by atoms with Gasteiger partial charge in [-0.05, 0) is 19.1 Å². The lowest BCUT2D eigenvalue weighted by atomic mass is 10.3. The van der Waals surface area contributed by atoms with E-state index in [9.17, 15) is 0 Å². The number of aryl methyl sites for hydroxylation is 1. The van der Waals surface area contributed by atoms with Crippen LogP contribution in [0.5, 0.6) is 5.75 Å². The van der Waals surface area contributed by atoms with Crippen LogP contribution in [0.1, 0.15) is 11.6 Å². The number of hydrogen-bond acceptors (Lipinski definition) is 5. The van der Waals surface area contributed by atoms with Gasteiger partial charge in [0, 0.05) is 6.42 Å². The Morgan fingerprint density at radius 3 is 2.91 bits per heavy atom. The normalized spacial score (nSPS) is 18.3. The van der Waals surface area contributed by atoms with E-state index >= 15 is 0 Å². The van der Waals surface area contributed by atoms with E-state index in [0.717, 1.165) is 17.4 Å². The quantitative estimate of drug-likeness (QED) is 0.811. The second-order valence-electron chi connectivity index (χ2n) is 5.24. The molecule has 6 heteroatoms. The number of hydrogen-bond donors (Lipinski definition) is 0. The van der Waals surface area contributed by atoms with Gasteiger partial charge in [-0.2, -0.15) is 5.10 Å². The lowest BCUT2D eigenvalue weighted by Crippen LogP contribution is -2.33. The summed E-state index contributed by atoms with van der Waals surface area (Å²) in [6.07, 6.45) is 0.757. The fraction of sp³-hybridized carbons (Fsp3) is 0.500. The van der Waals surface area contributed by atoms with E-state index in [2.05, 4.69) is 10.1 Å². The number of ether oxygens (including phenoxy) is 3. The topological polar surface area (TPSA) is 58.4 Å². The molecule has 0 N–H and O–H groups in total. The van der Waals surface area contributed by atoms with E-state index in [1.165, 1.54) is 0 Å². The summed E-state index contributed by atoms with van der Waals surface area (Å²) in [6, 6.07) is 9.79. The molecule has 0 saturated carbocycles. The predicted octanol–water partition coefficient (Wildman–Crippen LogP) is 1.62. The maximum absolute atomic E-state index is 5.73. The highest BCUT2D eigenvalue weighted by molar-refractivity contribution is 5.20. The second-order valence-corrected chi connectivity index (χ2v) is 5.24. The Kier molecular flexibility index (Phi) is 5.03. The maximum atomic E-state index is 5.73. The van der Waals surface area contributed by atoms with Gasteiger partial charge in [0.25, 0.3) is 0 Å². The molecule has 118 valence electrons. The van der Waals surface area contributed by atoms with Crippen molar-refractivity contribution in [3.63, 3.8) is 0 Å². The third-order valence-electron chi connectivity index (χ3n) is 3.45. The molecule has 0 bridgehead atoms. The number of nitrogens with zero attached hydrogens (tertiary/aromatic N) is 3. The predicted molar refractivity (Wildman–Crippen MR) is 81.0 cm³/mol. The molecule has 3 rings (SSSR count). The zero-order chi connectivity index (χ0) is 15.2. The van der Waals surface area contributed by atoms with Crippen molar-refractivity contribution in [1.29, 1.82) is 0 Å². The van der Waals surface area contributed by atoms with Crippen LogP contribution in [0.25, 0.3) is 0 Å². The summed E-state index contributed by atoms with van der Waals surface area (Å²) in [5.74, 6) is 2.56. The first-order valence-electron chi connectivity index (χ1n) is 7.59. The number of aromatic nitrogens is 3. The minimum absolute atomic E-state index is 0.0450. The molecular formula is C16H21N3O3. The minimum atomic E-state index is 0.0450. The molecule has 2 heterocycles. The zero-order valence-electron chi connectivity index (χ0n) is 12.8. The van der Waals surface area contributed by atoms with Gasteiger partial charge in [-0.1, -0.05) is 18.2 Å². The Bertz CT molecular complexity index is 580. The van der Waals surface area contributed by atoms with Gasteiger partial charge in [-0.15, -0.1) is 0 Å². The number of benzene rings is 1. The lowest BCUT2D eigenvalue weighted by molar-refractivity contribution is -0.0949. The molecule has 6 nitrogen and oxygen atoms in total. The number of rotatable bonds is 6. The van der Waals surface area contributed by atoms with E-state index in [-0.39, 0.29) is 6.10 Å². The molecule has 1 aromatic carbocycles. The molecule has 0 aliphatic carbocycles. The molecule has 0 amide bonds. The second kappa shape index (κ2) is 7.38. The molecule has 1 aromatic heterocycles. The molecule has 1 aliphatic heterocycles. The van der Waals surface area contributed by atoms with E-state index in [1.807, 2.05) is 41.9 Å². The molecular weight excluding hydrogens is 282 g/mol. The van der Waals surface area contributed by atoms with Gasteiger partial charge < -0.3 is 14.2 Å². The van der Waals surface area contributed by atoms with Crippen molar-refractivity contribution in [2.45, 2.75) is 26.0 Å². The first-order chi connectivity index (χ1) is 10.8. The fourth-order valence-corrected chi connectivity index (χ4v) is 2.44. The maximum Gasteiger partial charge on any atom is 0.147 e. The van der Waals surface area contributed by atoms with Crippen LogP contribution in [0.4, 0.5) is 0 Å². The minimum Gasteiger partial charge on any atom is -0.493 e. The van der Waals surface area contributed by atoms with Gasteiger partial charge in [-0.25, -0.2) is 9.67 Å². The third kappa shape index (κ3) is 4.05. The highest BCUT2D eigenvalue weighted by Gasteiger charge is 2.18. The summed E-state index contributed by atoms with van der Waals surface area (Å²) in [4.78, 5) is 4.48. The van der Waals surface area contributed by atoms with Crippen LogP contribution in [0.3, 0.4) is 0 Å². The van der Waals surface area contributed by atoms with Crippen molar-refractivity contribution in [3.8, 4) is 5.75 Å². The van der Waals surface area contributed by atoms with Crippen LogP contribution < -0.4 is 4.74 Å². The van der Waals surface area contributed by atoms with Crippen molar-refractivity contribution in [3.05, 3.63) is 42.0 Å².